The van der Waals surface area contributed by atoms with E-state index in [1.165, 1.54) is 28.6 Å². The smallest absolute Gasteiger partial charge is 0.255 e. The van der Waals surface area contributed by atoms with Crippen LogP contribution in [0.3, 0.4) is 0 Å². The van der Waals surface area contributed by atoms with Gasteiger partial charge in [-0.05, 0) is 61.7 Å². The summed E-state index contributed by atoms with van der Waals surface area (Å²) in [5.74, 6) is -0.337. The van der Waals surface area contributed by atoms with Gasteiger partial charge in [0.05, 0.1) is 22.4 Å². The summed E-state index contributed by atoms with van der Waals surface area (Å²) in [5, 5.41) is 2.71. The molecule has 0 radical (unpaired) electrons. The summed E-state index contributed by atoms with van der Waals surface area (Å²) in [4.78, 5) is 12.6. The summed E-state index contributed by atoms with van der Waals surface area (Å²) in [6.45, 7) is 1.27. The van der Waals surface area contributed by atoms with E-state index < -0.39 is 26.0 Å². The first-order chi connectivity index (χ1) is 15.2. The van der Waals surface area contributed by atoms with E-state index in [9.17, 15) is 21.6 Å². The first kappa shape index (κ1) is 22.7. The summed E-state index contributed by atoms with van der Waals surface area (Å²) in [7, 11) is -7.05. The number of ether oxygens (including phenoxy) is 1. The maximum atomic E-state index is 12.7. The minimum Gasteiger partial charge on any atom is -0.377 e. The predicted molar refractivity (Wildman–Crippen MR) is 121 cm³/mol. The molecule has 2 aliphatic rings. The average Bonchev–Trinajstić information content (AvgIpc) is 3.42. The Morgan fingerprint density at radius 1 is 1.12 bits per heavy atom. The zero-order valence-electron chi connectivity index (χ0n) is 17.4. The van der Waals surface area contributed by atoms with Gasteiger partial charge < -0.3 is 10.1 Å². The van der Waals surface area contributed by atoms with Gasteiger partial charge in [0.2, 0.25) is 20.0 Å². The summed E-state index contributed by atoms with van der Waals surface area (Å²) in [6, 6.07) is 12.3. The van der Waals surface area contributed by atoms with Gasteiger partial charge in [0, 0.05) is 30.9 Å². The molecule has 4 rings (SSSR count). The van der Waals surface area contributed by atoms with Crippen molar-refractivity contribution in [3.05, 3.63) is 54.1 Å². The van der Waals surface area contributed by atoms with Crippen LogP contribution in [0, 0.1) is 0 Å². The van der Waals surface area contributed by atoms with Gasteiger partial charge in [-0.1, -0.05) is 6.07 Å². The van der Waals surface area contributed by atoms with E-state index in [4.69, 9.17) is 4.74 Å². The highest BCUT2D eigenvalue weighted by molar-refractivity contribution is 7.93. The third-order valence-electron chi connectivity index (χ3n) is 5.44. The molecule has 0 saturated carbocycles. The number of nitrogens with one attached hydrogen (secondary N) is 2. The largest absolute Gasteiger partial charge is 0.377 e. The van der Waals surface area contributed by atoms with E-state index in [1.807, 2.05) is 0 Å². The molecule has 2 heterocycles. The highest BCUT2D eigenvalue weighted by Gasteiger charge is 2.28. The molecule has 2 aliphatic heterocycles. The second kappa shape index (κ2) is 9.18. The highest BCUT2D eigenvalue weighted by Crippen LogP contribution is 2.25. The molecule has 0 bridgehead atoms. The lowest BCUT2D eigenvalue weighted by Gasteiger charge is -2.17. The van der Waals surface area contributed by atoms with Crippen LogP contribution in [-0.2, 0) is 24.8 Å². The number of benzene rings is 2. The van der Waals surface area contributed by atoms with Crippen LogP contribution in [0.2, 0.25) is 0 Å². The molecular formula is C21H25N3O6S2. The zero-order chi connectivity index (χ0) is 22.8. The third kappa shape index (κ3) is 5.12. The fourth-order valence-electron chi connectivity index (χ4n) is 3.74. The van der Waals surface area contributed by atoms with Gasteiger partial charge in [0.25, 0.3) is 5.91 Å². The number of carbonyl (C=O) groups excluding carboxylic acids is 1. The number of anilines is 2. The summed E-state index contributed by atoms with van der Waals surface area (Å²) in [6.07, 6.45) is 2.18. The van der Waals surface area contributed by atoms with Crippen LogP contribution < -0.4 is 14.3 Å². The molecule has 1 amide bonds. The van der Waals surface area contributed by atoms with Gasteiger partial charge in [-0.2, -0.15) is 0 Å². The van der Waals surface area contributed by atoms with Crippen LogP contribution in [0.1, 0.15) is 29.6 Å². The molecule has 2 N–H and O–H groups in total. The van der Waals surface area contributed by atoms with Crippen molar-refractivity contribution in [2.24, 2.45) is 0 Å². The van der Waals surface area contributed by atoms with Crippen molar-refractivity contribution in [2.45, 2.75) is 30.3 Å². The number of hydrogen-bond acceptors (Lipinski definition) is 6. The maximum Gasteiger partial charge on any atom is 0.255 e. The Kier molecular flexibility index (Phi) is 6.52. The molecule has 0 unspecified atom stereocenters. The molecule has 2 fully saturated rings. The van der Waals surface area contributed by atoms with Gasteiger partial charge in [-0.3, -0.25) is 9.10 Å². The fourth-order valence-corrected chi connectivity index (χ4v) is 6.42. The fraction of sp³-hybridized carbons (Fsp3) is 0.381. The Bertz CT molecular complexity index is 1190. The Morgan fingerprint density at radius 2 is 1.91 bits per heavy atom. The molecule has 9 nitrogen and oxygen atoms in total. The summed E-state index contributed by atoms with van der Waals surface area (Å²) < 4.78 is 58.6. The van der Waals surface area contributed by atoms with Crippen LogP contribution in [-0.4, -0.2) is 54.3 Å². The number of carbonyl (C=O) groups is 1. The molecule has 0 spiro atoms. The normalized spacial score (nSPS) is 20.4. The lowest BCUT2D eigenvalue weighted by Crippen LogP contribution is -2.32. The van der Waals surface area contributed by atoms with E-state index in [2.05, 4.69) is 10.0 Å². The van der Waals surface area contributed by atoms with Crippen LogP contribution >= 0.6 is 0 Å². The first-order valence-electron chi connectivity index (χ1n) is 10.4. The Morgan fingerprint density at radius 3 is 2.56 bits per heavy atom. The van der Waals surface area contributed by atoms with Crippen molar-refractivity contribution >= 4 is 37.3 Å². The summed E-state index contributed by atoms with van der Waals surface area (Å²) >= 11 is 0. The molecule has 1 atom stereocenters. The van der Waals surface area contributed by atoms with Crippen molar-refractivity contribution in [1.82, 2.24) is 4.72 Å². The Hall–Kier alpha value is -2.47. The standard InChI is InChI=1S/C21H25N3O6S2/c25-21(23-17-7-9-18(10-8-17)24-11-3-13-31(24,26)27)16-4-1-6-20(14-16)32(28,29)22-15-19-5-2-12-30-19/h1,4,6-10,14,19,22H,2-3,5,11-13,15H2,(H,23,25)/t19-/m1/s1. The van der Waals surface area contributed by atoms with Crippen LogP contribution in [0.15, 0.2) is 53.4 Å². The van der Waals surface area contributed by atoms with Gasteiger partial charge in [-0.15, -0.1) is 0 Å². The molecule has 2 aromatic rings. The second-order valence-electron chi connectivity index (χ2n) is 7.76. The number of amides is 1. The maximum absolute atomic E-state index is 12.7. The van der Waals surface area contributed by atoms with E-state index >= 15 is 0 Å². The van der Waals surface area contributed by atoms with Crippen molar-refractivity contribution in [1.29, 1.82) is 0 Å². The van der Waals surface area contributed by atoms with Gasteiger partial charge in [0.15, 0.2) is 0 Å². The quantitative estimate of drug-likeness (QED) is 0.626. The molecule has 2 saturated heterocycles. The average molecular weight is 480 g/mol. The third-order valence-corrected chi connectivity index (χ3v) is 8.73. The number of rotatable bonds is 7. The first-order valence-corrected chi connectivity index (χ1v) is 13.5. The lowest BCUT2D eigenvalue weighted by atomic mass is 10.2. The highest BCUT2D eigenvalue weighted by atomic mass is 32.2. The Balaban J connectivity index is 1.42. The van der Waals surface area contributed by atoms with E-state index in [0.717, 1.165) is 12.8 Å². The van der Waals surface area contributed by atoms with Crippen molar-refractivity contribution < 1.29 is 26.4 Å². The van der Waals surface area contributed by atoms with Crippen molar-refractivity contribution in [2.75, 3.05) is 35.1 Å². The van der Waals surface area contributed by atoms with Crippen molar-refractivity contribution in [3.63, 3.8) is 0 Å². The molecule has 11 heteroatoms. The number of hydrogen-bond donors (Lipinski definition) is 2. The van der Waals surface area contributed by atoms with E-state index in [1.54, 1.807) is 24.3 Å². The van der Waals surface area contributed by atoms with Gasteiger partial charge in [-0.25, -0.2) is 21.6 Å². The SMILES string of the molecule is O=C(Nc1ccc(N2CCCS2(=O)=O)cc1)c1cccc(S(=O)(=O)NC[C@H]2CCCO2)c1. The molecule has 0 aliphatic carbocycles. The molecule has 32 heavy (non-hydrogen) atoms. The topological polar surface area (TPSA) is 122 Å². The van der Waals surface area contributed by atoms with Crippen molar-refractivity contribution in [3.8, 4) is 0 Å². The zero-order valence-corrected chi connectivity index (χ0v) is 19.0. The predicted octanol–water partition coefficient (Wildman–Crippen LogP) is 1.94. The monoisotopic (exact) mass is 479 g/mol. The van der Waals surface area contributed by atoms with Gasteiger partial charge >= 0.3 is 0 Å². The molecule has 2 aromatic carbocycles. The van der Waals surface area contributed by atoms with E-state index in [0.29, 0.717) is 30.9 Å². The molecular weight excluding hydrogens is 454 g/mol. The molecule has 172 valence electrons. The van der Waals surface area contributed by atoms with Crippen LogP contribution in [0.5, 0.6) is 0 Å². The lowest BCUT2D eigenvalue weighted by molar-refractivity contribution is 0.102. The van der Waals surface area contributed by atoms with Gasteiger partial charge in [0.1, 0.15) is 0 Å². The number of nitrogens with zero attached hydrogens (tertiary/aromatic N) is 1. The minimum atomic E-state index is -3.78. The van der Waals surface area contributed by atoms with Crippen LogP contribution in [0.4, 0.5) is 11.4 Å². The Labute approximate surface area is 187 Å². The molecule has 0 aromatic heterocycles. The number of sulfonamides is 2. The van der Waals surface area contributed by atoms with Crippen LogP contribution in [0.25, 0.3) is 0 Å². The minimum absolute atomic E-state index is 0.00210. The summed E-state index contributed by atoms with van der Waals surface area (Å²) in [5.41, 5.74) is 1.21. The second-order valence-corrected chi connectivity index (χ2v) is 11.5. The van der Waals surface area contributed by atoms with E-state index in [-0.39, 0.29) is 28.9 Å².